The quantitative estimate of drug-likeness (QED) is 0.395. The van der Waals surface area contributed by atoms with Gasteiger partial charge in [-0.3, -0.25) is 4.52 Å². The summed E-state index contributed by atoms with van der Waals surface area (Å²) in [6, 6.07) is 0. The highest BCUT2D eigenvalue weighted by molar-refractivity contribution is 8.06. The van der Waals surface area contributed by atoms with Crippen LogP contribution in [-0.2, 0) is 9.09 Å². The lowest BCUT2D eigenvalue weighted by Gasteiger charge is -2.03. The zero-order valence-corrected chi connectivity index (χ0v) is 8.39. The second-order valence-corrected chi connectivity index (χ2v) is 5.35. The Hall–Kier alpha value is 0.460. The van der Waals surface area contributed by atoms with Crippen LogP contribution in [0.2, 0.25) is 0 Å². The highest BCUT2D eigenvalue weighted by atomic mass is 32.2. The minimum absolute atomic E-state index is 0.168. The molecule has 0 aromatic carbocycles. The molecule has 1 saturated heterocycles. The molecule has 1 rings (SSSR count). The maximum atomic E-state index is 10.2. The lowest BCUT2D eigenvalue weighted by molar-refractivity contribution is 0.193. The molecular weight excluding hydrogens is 199 g/mol. The van der Waals surface area contributed by atoms with Gasteiger partial charge in [-0.05, 0) is 12.8 Å². The normalized spacial score (nSPS) is 22.7. The van der Waals surface area contributed by atoms with Gasteiger partial charge in [-0.2, -0.15) is 11.8 Å². The summed E-state index contributed by atoms with van der Waals surface area (Å²) in [7, 11) is -4.22. The third-order valence-electron chi connectivity index (χ3n) is 1.58. The van der Waals surface area contributed by atoms with Crippen molar-refractivity contribution in [2.75, 3.05) is 12.4 Å². The summed E-state index contributed by atoms with van der Waals surface area (Å²) in [5.41, 5.74) is 0. The van der Waals surface area contributed by atoms with Crippen LogP contribution in [0, 0.1) is 0 Å². The molecule has 0 amide bonds. The molecule has 1 aliphatic heterocycles. The van der Waals surface area contributed by atoms with Gasteiger partial charge in [0.15, 0.2) is 0 Å². The van der Waals surface area contributed by atoms with Crippen molar-refractivity contribution < 1.29 is 18.9 Å². The Bertz CT molecular complexity index is 176. The van der Waals surface area contributed by atoms with Crippen molar-refractivity contribution in [2.45, 2.75) is 24.5 Å². The molecule has 0 bridgehead atoms. The fourth-order valence-electron chi connectivity index (χ4n) is 0.892. The Labute approximate surface area is 75.9 Å². The Morgan fingerprint density at radius 1 is 1.50 bits per heavy atom. The molecule has 0 aromatic rings. The van der Waals surface area contributed by atoms with Crippen LogP contribution in [0.25, 0.3) is 0 Å². The summed E-state index contributed by atoms with van der Waals surface area (Å²) in [6.07, 6.45) is 2.88. The Morgan fingerprint density at radius 3 is 2.67 bits per heavy atom. The summed E-state index contributed by atoms with van der Waals surface area (Å²) < 4.78 is 14.5. The number of hydrogen-bond donors (Lipinski definition) is 2. The molecule has 0 spiro atoms. The molecule has 4 nitrogen and oxygen atoms in total. The summed E-state index contributed by atoms with van der Waals surface area (Å²) in [4.78, 5) is 16.6. The van der Waals surface area contributed by atoms with Gasteiger partial charge in [0.2, 0.25) is 0 Å². The van der Waals surface area contributed by atoms with E-state index in [2.05, 4.69) is 4.52 Å². The molecule has 2 N–H and O–H groups in total. The summed E-state index contributed by atoms with van der Waals surface area (Å²) in [5, 5.41) is 0.806. The lowest BCUT2D eigenvalue weighted by Crippen LogP contribution is -1.93. The van der Waals surface area contributed by atoms with Gasteiger partial charge in [0.25, 0.3) is 0 Å². The molecule has 1 fully saturated rings. The molecule has 0 aromatic heterocycles. The highest BCUT2D eigenvalue weighted by Crippen LogP contribution is 2.37. The number of hydrogen-bond acceptors (Lipinski definition) is 3. The number of phosphoric ester groups is 1. The Balaban J connectivity index is 1.85. The van der Waals surface area contributed by atoms with E-state index in [1.807, 2.05) is 11.8 Å². The van der Waals surface area contributed by atoms with E-state index < -0.39 is 7.82 Å². The lowest BCUT2D eigenvalue weighted by atomic mass is 10.2. The van der Waals surface area contributed by atoms with Crippen LogP contribution in [-0.4, -0.2) is 27.4 Å². The zero-order valence-electron chi connectivity index (χ0n) is 6.68. The molecule has 12 heavy (non-hydrogen) atoms. The maximum absolute atomic E-state index is 10.2. The topological polar surface area (TPSA) is 66.8 Å². The molecule has 6 heteroatoms. The predicted octanol–water partition coefficient (Wildman–Crippen LogP) is 1.38. The van der Waals surface area contributed by atoms with Crippen molar-refractivity contribution in [2.24, 2.45) is 0 Å². The van der Waals surface area contributed by atoms with Crippen LogP contribution in [0.3, 0.4) is 0 Å². The third kappa shape index (κ3) is 6.03. The van der Waals surface area contributed by atoms with E-state index in [4.69, 9.17) is 9.79 Å². The second-order valence-electron chi connectivity index (χ2n) is 2.77. The standard InChI is InChI=1S/C6H13O4PS/c7-11(8,9)10-4-2-1-3-6-5-12-6/h6H,1-5H2,(H2,7,8,9). The first-order valence-electron chi connectivity index (χ1n) is 3.89. The molecule has 1 atom stereocenters. The molecule has 1 aliphatic rings. The molecule has 0 radical (unpaired) electrons. The number of phosphoric acid groups is 1. The van der Waals surface area contributed by atoms with Gasteiger partial charge in [-0.15, -0.1) is 0 Å². The first-order valence-corrected chi connectivity index (χ1v) is 6.47. The van der Waals surface area contributed by atoms with Crippen molar-refractivity contribution in [1.29, 1.82) is 0 Å². The summed E-state index contributed by atoms with van der Waals surface area (Å²) >= 11 is 1.94. The smallest absolute Gasteiger partial charge is 0.303 e. The summed E-state index contributed by atoms with van der Waals surface area (Å²) in [6.45, 7) is 0.168. The van der Waals surface area contributed by atoms with Gasteiger partial charge in [0.1, 0.15) is 0 Å². The number of thioether (sulfide) groups is 1. The average Bonchev–Trinajstić information content (AvgIpc) is 2.68. The number of unbranched alkanes of at least 4 members (excludes halogenated alkanes) is 1. The van der Waals surface area contributed by atoms with E-state index in [1.54, 1.807) is 0 Å². The van der Waals surface area contributed by atoms with Gasteiger partial charge < -0.3 is 9.79 Å². The van der Waals surface area contributed by atoms with E-state index in [-0.39, 0.29) is 6.61 Å². The average molecular weight is 212 g/mol. The van der Waals surface area contributed by atoms with Crippen molar-refractivity contribution >= 4 is 19.6 Å². The predicted molar refractivity (Wildman–Crippen MR) is 48.1 cm³/mol. The van der Waals surface area contributed by atoms with Crippen molar-refractivity contribution in [3.05, 3.63) is 0 Å². The maximum Gasteiger partial charge on any atom is 0.469 e. The van der Waals surface area contributed by atoms with Gasteiger partial charge in [-0.25, -0.2) is 4.57 Å². The fraction of sp³-hybridized carbons (Fsp3) is 1.00. The van der Waals surface area contributed by atoms with Gasteiger partial charge >= 0.3 is 7.82 Å². The van der Waals surface area contributed by atoms with Crippen molar-refractivity contribution in [3.63, 3.8) is 0 Å². The molecule has 1 heterocycles. The molecule has 0 aliphatic carbocycles. The van der Waals surface area contributed by atoms with Gasteiger partial charge in [-0.1, -0.05) is 6.42 Å². The molecular formula is C6H13O4PS. The van der Waals surface area contributed by atoms with Crippen LogP contribution < -0.4 is 0 Å². The first kappa shape index (κ1) is 10.5. The zero-order chi connectivity index (χ0) is 9.03. The van der Waals surface area contributed by atoms with Crippen LogP contribution in [0.1, 0.15) is 19.3 Å². The number of rotatable bonds is 6. The Kier molecular flexibility index (Phi) is 4.06. The van der Waals surface area contributed by atoms with E-state index in [9.17, 15) is 4.57 Å². The Morgan fingerprint density at radius 2 is 2.17 bits per heavy atom. The SMILES string of the molecule is O=P(O)(O)OCCCCC1CS1. The van der Waals surface area contributed by atoms with Gasteiger partial charge in [0.05, 0.1) is 6.61 Å². The van der Waals surface area contributed by atoms with Crippen LogP contribution in [0.5, 0.6) is 0 Å². The minimum atomic E-state index is -4.22. The second kappa shape index (κ2) is 4.63. The van der Waals surface area contributed by atoms with Crippen LogP contribution in [0.15, 0.2) is 0 Å². The van der Waals surface area contributed by atoms with E-state index in [1.165, 1.54) is 5.75 Å². The van der Waals surface area contributed by atoms with Crippen molar-refractivity contribution in [1.82, 2.24) is 0 Å². The van der Waals surface area contributed by atoms with E-state index >= 15 is 0 Å². The molecule has 1 unspecified atom stereocenters. The van der Waals surface area contributed by atoms with Crippen LogP contribution >= 0.6 is 19.6 Å². The minimum Gasteiger partial charge on any atom is -0.303 e. The largest absolute Gasteiger partial charge is 0.469 e. The van der Waals surface area contributed by atoms with Crippen molar-refractivity contribution in [3.8, 4) is 0 Å². The summed E-state index contributed by atoms with van der Waals surface area (Å²) in [5.74, 6) is 1.25. The fourth-order valence-corrected chi connectivity index (χ4v) is 1.90. The first-order chi connectivity index (χ1) is 5.58. The van der Waals surface area contributed by atoms with E-state index in [0.717, 1.165) is 24.5 Å². The molecule has 72 valence electrons. The third-order valence-corrected chi connectivity index (χ3v) is 3.14. The van der Waals surface area contributed by atoms with Crippen LogP contribution in [0.4, 0.5) is 0 Å². The van der Waals surface area contributed by atoms with E-state index in [0.29, 0.717) is 0 Å². The monoisotopic (exact) mass is 212 g/mol. The van der Waals surface area contributed by atoms with Gasteiger partial charge in [0, 0.05) is 11.0 Å². The highest BCUT2D eigenvalue weighted by Gasteiger charge is 2.21. The molecule has 0 saturated carbocycles.